The first kappa shape index (κ1) is 19.0. The van der Waals surface area contributed by atoms with Gasteiger partial charge in [-0.2, -0.15) is 13.2 Å². The van der Waals surface area contributed by atoms with Crippen LogP contribution >= 0.6 is 0 Å². The van der Waals surface area contributed by atoms with Crippen molar-refractivity contribution in [3.05, 3.63) is 29.7 Å². The summed E-state index contributed by atoms with van der Waals surface area (Å²) in [7, 11) is 0. The molecule has 10 heteroatoms. The maximum absolute atomic E-state index is 12.7. The summed E-state index contributed by atoms with van der Waals surface area (Å²) in [4.78, 5) is 0. The lowest BCUT2D eigenvalue weighted by Crippen LogP contribution is -2.33. The van der Waals surface area contributed by atoms with E-state index in [-0.39, 0.29) is 31.4 Å². The van der Waals surface area contributed by atoms with Gasteiger partial charge in [-0.3, -0.25) is 4.40 Å². The van der Waals surface area contributed by atoms with Crippen molar-refractivity contribution in [3.8, 4) is 0 Å². The smallest absolute Gasteiger partial charge is 0.389 e. The zero-order chi connectivity index (χ0) is 18.6. The Balaban J connectivity index is 1.47. The molecule has 2 aromatic heterocycles. The number of ether oxygens (including phenoxy) is 2. The van der Waals surface area contributed by atoms with Gasteiger partial charge in [0.05, 0.1) is 30.9 Å². The van der Waals surface area contributed by atoms with Gasteiger partial charge in [-0.15, -0.1) is 10.2 Å². The van der Waals surface area contributed by atoms with E-state index in [1.165, 1.54) is 10.6 Å². The number of fused-ring (bicyclic) bond motifs is 1. The molecule has 0 bridgehead atoms. The molecule has 0 radical (unpaired) electrons. The van der Waals surface area contributed by atoms with Crippen LogP contribution < -0.4 is 5.32 Å². The Morgan fingerprint density at radius 1 is 1.35 bits per heavy atom. The van der Waals surface area contributed by atoms with E-state index in [2.05, 4.69) is 15.5 Å². The van der Waals surface area contributed by atoms with Gasteiger partial charge in [0.15, 0.2) is 11.5 Å². The number of halogens is 3. The molecule has 0 aliphatic carbocycles. The van der Waals surface area contributed by atoms with Gasteiger partial charge in [-0.1, -0.05) is 0 Å². The first-order valence-corrected chi connectivity index (χ1v) is 8.42. The number of aliphatic hydroxyl groups excluding tert-OH is 1. The third-order valence-electron chi connectivity index (χ3n) is 4.16. The summed E-state index contributed by atoms with van der Waals surface area (Å²) >= 11 is 0. The second-order valence-electron chi connectivity index (χ2n) is 6.19. The van der Waals surface area contributed by atoms with E-state index >= 15 is 0 Å². The molecule has 3 heterocycles. The van der Waals surface area contributed by atoms with Gasteiger partial charge < -0.3 is 19.9 Å². The number of hydrogen-bond donors (Lipinski definition) is 2. The summed E-state index contributed by atoms with van der Waals surface area (Å²) < 4.78 is 50.5. The fourth-order valence-corrected chi connectivity index (χ4v) is 2.74. The van der Waals surface area contributed by atoms with Crippen LogP contribution in [0.1, 0.15) is 24.2 Å². The fraction of sp³-hybridized carbons (Fsp3) is 0.625. The van der Waals surface area contributed by atoms with Gasteiger partial charge in [0.2, 0.25) is 0 Å². The van der Waals surface area contributed by atoms with Crippen LogP contribution in [0.4, 0.5) is 13.2 Å². The Bertz CT molecular complexity index is 716. The normalized spacial score (nSPS) is 17.7. The minimum Gasteiger partial charge on any atom is -0.389 e. The Morgan fingerprint density at radius 2 is 2.12 bits per heavy atom. The molecule has 3 rings (SSSR count). The Kier molecular flexibility index (Phi) is 6.07. The lowest BCUT2D eigenvalue weighted by molar-refractivity contribution is -0.137. The number of pyridine rings is 1. The maximum Gasteiger partial charge on any atom is 0.416 e. The number of rotatable bonds is 7. The average molecular weight is 374 g/mol. The van der Waals surface area contributed by atoms with Crippen LogP contribution in [0, 0.1) is 0 Å². The van der Waals surface area contributed by atoms with Crippen molar-refractivity contribution in [1.82, 2.24) is 19.9 Å². The topological polar surface area (TPSA) is 80.9 Å². The molecule has 144 valence electrons. The van der Waals surface area contributed by atoms with E-state index in [1.54, 1.807) is 0 Å². The predicted octanol–water partition coefficient (Wildman–Crippen LogP) is 1.39. The van der Waals surface area contributed by atoms with Crippen LogP contribution in [0.2, 0.25) is 0 Å². The second kappa shape index (κ2) is 8.30. The quantitative estimate of drug-likeness (QED) is 0.763. The highest BCUT2D eigenvalue weighted by Gasteiger charge is 2.31. The van der Waals surface area contributed by atoms with E-state index in [9.17, 15) is 18.3 Å². The molecule has 1 atom stereocenters. The molecule has 1 fully saturated rings. The standard InChI is InChI=1S/C16H21F3N4O3/c17-16(18,19)11-1-4-23-14(7-11)21-22-15(23)9-20-8-12(24)10-26-13-2-5-25-6-3-13/h1,4,7,12-13,20,24H,2-3,5-6,8-10H2. The molecular weight excluding hydrogens is 353 g/mol. The first-order valence-electron chi connectivity index (χ1n) is 8.42. The maximum atomic E-state index is 12.7. The molecular formula is C16H21F3N4O3. The van der Waals surface area contributed by atoms with Crippen molar-refractivity contribution in [2.45, 2.75) is 37.8 Å². The van der Waals surface area contributed by atoms with Gasteiger partial charge in [-0.25, -0.2) is 0 Å². The molecule has 0 spiro atoms. The third kappa shape index (κ3) is 4.91. The molecule has 2 N–H and O–H groups in total. The highest BCUT2D eigenvalue weighted by molar-refractivity contribution is 5.42. The SMILES string of the molecule is OC(CNCc1nnc2cc(C(F)(F)F)ccn12)COC1CCOCC1. The largest absolute Gasteiger partial charge is 0.416 e. The number of nitrogens with one attached hydrogen (secondary N) is 1. The van der Waals surface area contributed by atoms with E-state index in [0.717, 1.165) is 25.0 Å². The van der Waals surface area contributed by atoms with Crippen LogP contribution in [0.25, 0.3) is 5.65 Å². The van der Waals surface area contributed by atoms with Crippen molar-refractivity contribution in [1.29, 1.82) is 0 Å². The number of nitrogens with zero attached hydrogens (tertiary/aromatic N) is 3. The molecule has 0 aromatic carbocycles. The van der Waals surface area contributed by atoms with Crippen molar-refractivity contribution in [2.24, 2.45) is 0 Å². The number of alkyl halides is 3. The summed E-state index contributed by atoms with van der Waals surface area (Å²) in [5, 5.41) is 20.6. The van der Waals surface area contributed by atoms with E-state index in [0.29, 0.717) is 19.0 Å². The van der Waals surface area contributed by atoms with E-state index in [4.69, 9.17) is 9.47 Å². The Labute approximate surface area is 148 Å². The van der Waals surface area contributed by atoms with Crippen LogP contribution in [-0.2, 0) is 22.2 Å². The summed E-state index contributed by atoms with van der Waals surface area (Å²) in [6.07, 6.45) is -2.05. The predicted molar refractivity (Wildman–Crippen MR) is 85.5 cm³/mol. The van der Waals surface area contributed by atoms with Crippen molar-refractivity contribution < 1.29 is 27.8 Å². The molecule has 0 amide bonds. The van der Waals surface area contributed by atoms with E-state index < -0.39 is 17.8 Å². The van der Waals surface area contributed by atoms with Crippen molar-refractivity contribution >= 4 is 5.65 Å². The monoisotopic (exact) mass is 374 g/mol. The summed E-state index contributed by atoms with van der Waals surface area (Å²) in [6.45, 7) is 2.11. The fourth-order valence-electron chi connectivity index (χ4n) is 2.74. The highest BCUT2D eigenvalue weighted by Crippen LogP contribution is 2.29. The molecule has 2 aromatic rings. The molecule has 7 nitrogen and oxygen atoms in total. The summed E-state index contributed by atoms with van der Waals surface area (Å²) in [6, 6.07) is 1.93. The molecule has 1 aliphatic heterocycles. The molecule has 26 heavy (non-hydrogen) atoms. The summed E-state index contributed by atoms with van der Waals surface area (Å²) in [5.41, 5.74) is -0.641. The van der Waals surface area contributed by atoms with Gasteiger partial charge in [0.25, 0.3) is 0 Å². The van der Waals surface area contributed by atoms with Crippen LogP contribution in [0.15, 0.2) is 18.3 Å². The van der Waals surface area contributed by atoms with Crippen LogP contribution in [0.3, 0.4) is 0 Å². The molecule has 1 saturated heterocycles. The van der Waals surface area contributed by atoms with Gasteiger partial charge >= 0.3 is 6.18 Å². The van der Waals surface area contributed by atoms with Gasteiger partial charge in [-0.05, 0) is 25.0 Å². The molecule has 1 unspecified atom stereocenters. The third-order valence-corrected chi connectivity index (χ3v) is 4.16. The molecule has 1 aliphatic rings. The van der Waals surface area contributed by atoms with Crippen LogP contribution in [-0.4, -0.2) is 58.3 Å². The zero-order valence-electron chi connectivity index (χ0n) is 14.1. The second-order valence-corrected chi connectivity index (χ2v) is 6.19. The van der Waals surface area contributed by atoms with Gasteiger partial charge in [0, 0.05) is 26.0 Å². The zero-order valence-corrected chi connectivity index (χ0v) is 14.1. The number of aromatic nitrogens is 3. The van der Waals surface area contributed by atoms with Crippen LogP contribution in [0.5, 0.6) is 0 Å². The average Bonchev–Trinajstić information content (AvgIpc) is 3.02. The lowest BCUT2D eigenvalue weighted by atomic mass is 10.1. The van der Waals surface area contributed by atoms with Crippen molar-refractivity contribution in [3.63, 3.8) is 0 Å². The number of hydrogen-bond acceptors (Lipinski definition) is 6. The Morgan fingerprint density at radius 3 is 2.85 bits per heavy atom. The Hall–Kier alpha value is -1.75. The number of aliphatic hydroxyl groups is 1. The first-order chi connectivity index (χ1) is 12.4. The minimum atomic E-state index is -4.42. The van der Waals surface area contributed by atoms with E-state index in [1.807, 2.05) is 0 Å². The highest BCUT2D eigenvalue weighted by atomic mass is 19.4. The van der Waals surface area contributed by atoms with Crippen molar-refractivity contribution in [2.75, 3.05) is 26.4 Å². The van der Waals surface area contributed by atoms with Gasteiger partial charge in [0.1, 0.15) is 0 Å². The lowest BCUT2D eigenvalue weighted by Gasteiger charge is -2.23. The summed E-state index contributed by atoms with van der Waals surface area (Å²) in [5.74, 6) is 0.464. The molecule has 0 saturated carbocycles. The minimum absolute atomic E-state index is 0.113.